The largest absolute Gasteiger partial charge is 0.444 e. The minimum Gasteiger partial charge on any atom is -0.444 e. The number of nitrogens with zero attached hydrogens (tertiary/aromatic N) is 2. The molecule has 1 aromatic carbocycles. The number of piperidine rings is 1. The molecule has 2 rings (SSSR count). The number of amides is 1. The number of hydrogen-bond donors (Lipinski definition) is 2. The van der Waals surface area contributed by atoms with E-state index in [4.69, 9.17) is 10.5 Å². The van der Waals surface area contributed by atoms with Crippen molar-refractivity contribution in [2.24, 2.45) is 16.1 Å². The molecule has 0 atom stereocenters. The summed E-state index contributed by atoms with van der Waals surface area (Å²) in [5.74, 6) is 0.427. The Morgan fingerprint density at radius 2 is 1.78 bits per heavy atom. The molecule has 1 aliphatic heterocycles. The number of hydrogen-bond acceptors (Lipinski definition) is 3. The zero-order valence-electron chi connectivity index (χ0n) is 17.6. The number of nitrogens with one attached hydrogen (secondary N) is 1. The van der Waals surface area contributed by atoms with Gasteiger partial charge in [0.05, 0.1) is 0 Å². The van der Waals surface area contributed by atoms with E-state index in [1.54, 1.807) is 4.90 Å². The quantitative estimate of drug-likeness (QED) is 0.617. The Bertz CT molecular complexity index is 678. The van der Waals surface area contributed by atoms with Crippen molar-refractivity contribution in [2.75, 3.05) is 25.0 Å². The maximum Gasteiger partial charge on any atom is 0.410 e. The topological polar surface area (TPSA) is 80.0 Å². The summed E-state index contributed by atoms with van der Waals surface area (Å²) in [5.41, 5.74) is 8.99. The molecule has 0 spiro atoms. The van der Waals surface area contributed by atoms with Crippen molar-refractivity contribution >= 4 is 17.7 Å². The van der Waals surface area contributed by atoms with E-state index in [1.165, 1.54) is 11.1 Å². The lowest BCUT2D eigenvalue weighted by molar-refractivity contribution is 0.0127. The van der Waals surface area contributed by atoms with Gasteiger partial charge in [0.25, 0.3) is 0 Å². The van der Waals surface area contributed by atoms with E-state index in [-0.39, 0.29) is 11.5 Å². The second-order valence-corrected chi connectivity index (χ2v) is 8.98. The van der Waals surface area contributed by atoms with Gasteiger partial charge in [-0.1, -0.05) is 13.0 Å². The number of ether oxygens (including phenoxy) is 1. The van der Waals surface area contributed by atoms with Gasteiger partial charge in [-0.2, -0.15) is 0 Å². The smallest absolute Gasteiger partial charge is 0.410 e. The van der Waals surface area contributed by atoms with Crippen molar-refractivity contribution < 1.29 is 9.53 Å². The van der Waals surface area contributed by atoms with Gasteiger partial charge in [0.1, 0.15) is 5.60 Å². The molecule has 0 aliphatic carbocycles. The average molecular weight is 375 g/mol. The number of aryl methyl sites for hydroxylation is 2. The summed E-state index contributed by atoms with van der Waals surface area (Å²) < 4.78 is 5.46. The predicted molar refractivity (Wildman–Crippen MR) is 111 cm³/mol. The first-order chi connectivity index (χ1) is 12.5. The maximum absolute atomic E-state index is 12.2. The van der Waals surface area contributed by atoms with Crippen LogP contribution in [0.25, 0.3) is 0 Å². The predicted octanol–water partition coefficient (Wildman–Crippen LogP) is 4.07. The molecule has 0 aromatic heterocycles. The number of rotatable bonds is 3. The number of aliphatic imine (C=N–C) groups is 1. The van der Waals surface area contributed by atoms with Crippen molar-refractivity contribution in [3.63, 3.8) is 0 Å². The zero-order chi connectivity index (χ0) is 20.2. The van der Waals surface area contributed by atoms with Crippen molar-refractivity contribution in [3.8, 4) is 0 Å². The van der Waals surface area contributed by atoms with E-state index in [2.05, 4.69) is 49.3 Å². The van der Waals surface area contributed by atoms with Crippen molar-refractivity contribution in [3.05, 3.63) is 29.3 Å². The third-order valence-electron chi connectivity index (χ3n) is 4.75. The molecule has 1 saturated heterocycles. The van der Waals surface area contributed by atoms with Crippen LogP contribution in [0.2, 0.25) is 0 Å². The molecule has 6 heteroatoms. The third kappa shape index (κ3) is 6.77. The second-order valence-electron chi connectivity index (χ2n) is 8.98. The van der Waals surface area contributed by atoms with Crippen LogP contribution >= 0.6 is 0 Å². The standard InChI is InChI=1S/C21H34N4O2/c1-15-11-16(2)13-17(12-15)24-18(22)23-14-21(6)7-9-25(10-8-21)19(26)27-20(3,4)5/h11-13H,7-10,14H2,1-6H3,(H3,22,23,24). The number of benzene rings is 1. The fourth-order valence-electron chi connectivity index (χ4n) is 3.22. The van der Waals surface area contributed by atoms with Crippen LogP contribution in [-0.2, 0) is 4.74 Å². The van der Waals surface area contributed by atoms with Crippen LogP contribution in [0.15, 0.2) is 23.2 Å². The molecular formula is C21H34N4O2. The van der Waals surface area contributed by atoms with Gasteiger partial charge in [-0.25, -0.2) is 4.79 Å². The lowest BCUT2D eigenvalue weighted by Crippen LogP contribution is -2.45. The van der Waals surface area contributed by atoms with Crippen LogP contribution < -0.4 is 11.1 Å². The summed E-state index contributed by atoms with van der Waals surface area (Å²) in [4.78, 5) is 18.5. The fourth-order valence-corrected chi connectivity index (χ4v) is 3.22. The number of nitrogens with two attached hydrogens (primary N) is 1. The summed E-state index contributed by atoms with van der Waals surface area (Å²) in [6.45, 7) is 14.0. The van der Waals surface area contributed by atoms with Gasteiger partial charge in [-0.15, -0.1) is 0 Å². The number of guanidine groups is 1. The molecule has 0 radical (unpaired) electrons. The highest BCUT2D eigenvalue weighted by Gasteiger charge is 2.33. The lowest BCUT2D eigenvalue weighted by Gasteiger charge is -2.38. The van der Waals surface area contributed by atoms with Crippen LogP contribution in [0.3, 0.4) is 0 Å². The Kier molecular flexibility index (Phi) is 6.39. The van der Waals surface area contributed by atoms with Gasteiger partial charge in [-0.05, 0) is 76.1 Å². The van der Waals surface area contributed by atoms with Gasteiger partial charge in [-0.3, -0.25) is 4.99 Å². The van der Waals surface area contributed by atoms with E-state index in [1.807, 2.05) is 20.8 Å². The molecule has 0 bridgehead atoms. The van der Waals surface area contributed by atoms with Crippen molar-refractivity contribution in [2.45, 2.75) is 60.0 Å². The van der Waals surface area contributed by atoms with Crippen LogP contribution in [0.1, 0.15) is 51.7 Å². The van der Waals surface area contributed by atoms with E-state index >= 15 is 0 Å². The molecule has 0 saturated carbocycles. The van der Waals surface area contributed by atoms with Crippen LogP contribution in [0.5, 0.6) is 0 Å². The first-order valence-corrected chi connectivity index (χ1v) is 9.59. The molecule has 1 fully saturated rings. The van der Waals surface area contributed by atoms with Gasteiger partial charge in [0.2, 0.25) is 0 Å². The van der Waals surface area contributed by atoms with Crippen LogP contribution in [0, 0.1) is 19.3 Å². The van der Waals surface area contributed by atoms with Gasteiger partial charge < -0.3 is 20.7 Å². The van der Waals surface area contributed by atoms with Gasteiger partial charge in [0.15, 0.2) is 5.96 Å². The number of likely N-dealkylation sites (tertiary alicyclic amines) is 1. The molecule has 3 N–H and O–H groups in total. The Labute approximate surface area is 163 Å². The molecule has 27 heavy (non-hydrogen) atoms. The van der Waals surface area contributed by atoms with Gasteiger partial charge in [0, 0.05) is 25.3 Å². The Morgan fingerprint density at radius 3 is 2.30 bits per heavy atom. The number of carbonyl (C=O) groups is 1. The van der Waals surface area contributed by atoms with Gasteiger partial charge >= 0.3 is 6.09 Å². The van der Waals surface area contributed by atoms with Crippen molar-refractivity contribution in [1.29, 1.82) is 0 Å². The normalized spacial score (nSPS) is 17.6. The third-order valence-corrected chi connectivity index (χ3v) is 4.75. The summed E-state index contributed by atoms with van der Waals surface area (Å²) in [6, 6.07) is 6.23. The summed E-state index contributed by atoms with van der Waals surface area (Å²) in [5, 5.41) is 3.18. The molecule has 150 valence electrons. The monoisotopic (exact) mass is 374 g/mol. The molecule has 6 nitrogen and oxygen atoms in total. The highest BCUT2D eigenvalue weighted by molar-refractivity contribution is 5.92. The van der Waals surface area contributed by atoms with Crippen LogP contribution in [-0.4, -0.2) is 42.2 Å². The number of anilines is 1. The van der Waals surface area contributed by atoms with E-state index in [0.717, 1.165) is 18.5 Å². The van der Waals surface area contributed by atoms with E-state index < -0.39 is 5.60 Å². The molecule has 1 aromatic rings. The van der Waals surface area contributed by atoms with E-state index in [9.17, 15) is 4.79 Å². The van der Waals surface area contributed by atoms with Crippen molar-refractivity contribution in [1.82, 2.24) is 4.90 Å². The summed E-state index contributed by atoms with van der Waals surface area (Å²) in [7, 11) is 0. The number of carbonyl (C=O) groups excluding carboxylic acids is 1. The molecule has 1 heterocycles. The Balaban J connectivity index is 1.88. The zero-order valence-corrected chi connectivity index (χ0v) is 17.6. The first kappa shape index (κ1) is 21.1. The minimum atomic E-state index is -0.462. The summed E-state index contributed by atoms with van der Waals surface area (Å²) in [6.07, 6.45) is 1.53. The second kappa shape index (κ2) is 8.19. The molecular weight excluding hydrogens is 340 g/mol. The fraction of sp³-hybridized carbons (Fsp3) is 0.619. The average Bonchev–Trinajstić information content (AvgIpc) is 2.51. The minimum absolute atomic E-state index is 0.0351. The van der Waals surface area contributed by atoms with E-state index in [0.29, 0.717) is 25.6 Å². The molecule has 1 aliphatic rings. The van der Waals surface area contributed by atoms with Crippen LogP contribution in [0.4, 0.5) is 10.5 Å². The molecule has 0 unspecified atom stereocenters. The first-order valence-electron chi connectivity index (χ1n) is 9.59. The highest BCUT2D eigenvalue weighted by atomic mass is 16.6. The molecule has 1 amide bonds. The SMILES string of the molecule is Cc1cc(C)cc(NC(N)=NCC2(C)CCN(C(=O)OC(C)(C)C)CC2)c1. The Morgan fingerprint density at radius 1 is 1.22 bits per heavy atom. The highest BCUT2D eigenvalue weighted by Crippen LogP contribution is 2.31. The Hall–Kier alpha value is -2.24. The maximum atomic E-state index is 12.2. The lowest BCUT2D eigenvalue weighted by atomic mass is 9.80. The summed E-state index contributed by atoms with van der Waals surface area (Å²) >= 11 is 0.